The second-order valence-corrected chi connectivity index (χ2v) is 4.91. The molecule has 1 aromatic rings. The van der Waals surface area contributed by atoms with E-state index in [1.54, 1.807) is 0 Å². The zero-order chi connectivity index (χ0) is 9.10. The van der Waals surface area contributed by atoms with Gasteiger partial charge in [0.05, 0.1) is 6.10 Å². The van der Waals surface area contributed by atoms with Crippen molar-refractivity contribution in [3.8, 4) is 0 Å². The van der Waals surface area contributed by atoms with Crippen molar-refractivity contribution >= 4 is 11.3 Å². The summed E-state index contributed by atoms with van der Waals surface area (Å²) in [5.41, 5.74) is 0. The average Bonchev–Trinajstić information content (AvgIpc) is 2.72. The summed E-state index contributed by atoms with van der Waals surface area (Å²) >= 11 is 1.83. The second-order valence-electron chi connectivity index (χ2n) is 3.88. The summed E-state index contributed by atoms with van der Waals surface area (Å²) < 4.78 is 0. The van der Waals surface area contributed by atoms with Gasteiger partial charge in [0.25, 0.3) is 0 Å². The molecule has 1 fully saturated rings. The summed E-state index contributed by atoms with van der Waals surface area (Å²) in [6.45, 7) is 0. The van der Waals surface area contributed by atoms with Crippen molar-refractivity contribution in [1.82, 2.24) is 0 Å². The van der Waals surface area contributed by atoms with E-state index in [1.165, 1.54) is 24.1 Å². The molecule has 0 unspecified atom stereocenters. The molecule has 72 valence electrons. The lowest BCUT2D eigenvalue weighted by Crippen LogP contribution is -2.13. The van der Waals surface area contributed by atoms with Crippen LogP contribution >= 0.6 is 11.3 Å². The van der Waals surface area contributed by atoms with Gasteiger partial charge in [-0.2, -0.15) is 0 Å². The third-order valence-electron chi connectivity index (χ3n) is 2.96. The van der Waals surface area contributed by atoms with Crippen molar-refractivity contribution in [3.63, 3.8) is 0 Å². The molecule has 1 heterocycles. The van der Waals surface area contributed by atoms with Crippen LogP contribution in [0, 0.1) is 5.92 Å². The Morgan fingerprint density at radius 3 is 3.00 bits per heavy atom. The molecule has 2 heteroatoms. The summed E-state index contributed by atoms with van der Waals surface area (Å²) in [6.07, 6.45) is 5.78. The number of aliphatic hydroxyl groups excluding tert-OH is 1. The largest absolute Gasteiger partial charge is 0.393 e. The SMILES string of the molecule is O[C@@H]1CCC[C@H]1CCc1cccs1. The highest BCUT2D eigenvalue weighted by Crippen LogP contribution is 2.29. The van der Waals surface area contributed by atoms with E-state index in [4.69, 9.17) is 0 Å². The molecule has 0 aliphatic heterocycles. The van der Waals surface area contributed by atoms with E-state index < -0.39 is 0 Å². The molecule has 1 saturated carbocycles. The van der Waals surface area contributed by atoms with Crippen molar-refractivity contribution in [1.29, 1.82) is 0 Å². The summed E-state index contributed by atoms with van der Waals surface area (Å²) in [5.74, 6) is 0.571. The lowest BCUT2D eigenvalue weighted by atomic mass is 9.99. The summed E-state index contributed by atoms with van der Waals surface area (Å²) in [7, 11) is 0. The molecule has 0 aromatic carbocycles. The Bertz CT molecular complexity index is 243. The highest BCUT2D eigenvalue weighted by Gasteiger charge is 2.24. The van der Waals surface area contributed by atoms with E-state index in [0.29, 0.717) is 5.92 Å². The monoisotopic (exact) mass is 196 g/mol. The van der Waals surface area contributed by atoms with Crippen molar-refractivity contribution in [3.05, 3.63) is 22.4 Å². The van der Waals surface area contributed by atoms with Gasteiger partial charge in [-0.15, -0.1) is 11.3 Å². The highest BCUT2D eigenvalue weighted by atomic mass is 32.1. The molecule has 2 rings (SSSR count). The minimum Gasteiger partial charge on any atom is -0.393 e. The predicted molar refractivity (Wildman–Crippen MR) is 56.0 cm³/mol. The second kappa shape index (κ2) is 4.25. The molecule has 1 nitrogen and oxygen atoms in total. The summed E-state index contributed by atoms with van der Waals surface area (Å²) in [4.78, 5) is 1.46. The van der Waals surface area contributed by atoms with Crippen LogP contribution in [0.25, 0.3) is 0 Å². The Morgan fingerprint density at radius 1 is 1.46 bits per heavy atom. The van der Waals surface area contributed by atoms with Crippen LogP contribution in [0.5, 0.6) is 0 Å². The number of hydrogen-bond acceptors (Lipinski definition) is 2. The molecule has 2 atom stereocenters. The van der Waals surface area contributed by atoms with Crippen molar-refractivity contribution in [2.75, 3.05) is 0 Å². The van der Waals surface area contributed by atoms with Gasteiger partial charge < -0.3 is 5.11 Å². The van der Waals surface area contributed by atoms with Gasteiger partial charge in [-0.1, -0.05) is 12.5 Å². The fourth-order valence-corrected chi connectivity index (χ4v) is 2.86. The first-order valence-electron chi connectivity index (χ1n) is 5.06. The Balaban J connectivity index is 1.79. The van der Waals surface area contributed by atoms with Crippen LogP contribution in [0.2, 0.25) is 0 Å². The average molecular weight is 196 g/mol. The normalized spacial score (nSPS) is 28.1. The lowest BCUT2D eigenvalue weighted by Gasteiger charge is -2.12. The van der Waals surface area contributed by atoms with Crippen molar-refractivity contribution in [2.24, 2.45) is 5.92 Å². The first-order valence-corrected chi connectivity index (χ1v) is 5.94. The third kappa shape index (κ3) is 2.32. The maximum atomic E-state index is 9.62. The number of hydrogen-bond donors (Lipinski definition) is 1. The first kappa shape index (κ1) is 9.22. The van der Waals surface area contributed by atoms with Crippen LogP contribution in [0.3, 0.4) is 0 Å². The first-order chi connectivity index (χ1) is 6.36. The maximum Gasteiger partial charge on any atom is 0.0568 e. The molecule has 1 aliphatic carbocycles. The van der Waals surface area contributed by atoms with E-state index in [-0.39, 0.29) is 6.10 Å². The van der Waals surface area contributed by atoms with E-state index in [2.05, 4.69) is 17.5 Å². The topological polar surface area (TPSA) is 20.2 Å². The molecule has 0 amide bonds. The van der Waals surface area contributed by atoms with Gasteiger partial charge in [-0.3, -0.25) is 0 Å². The predicted octanol–water partition coefficient (Wildman–Crippen LogP) is 2.84. The van der Waals surface area contributed by atoms with Crippen LogP contribution in [0.1, 0.15) is 30.6 Å². The Labute approximate surface area is 83.4 Å². The van der Waals surface area contributed by atoms with Crippen LogP contribution in [0.15, 0.2) is 17.5 Å². The minimum absolute atomic E-state index is 0.0139. The van der Waals surface area contributed by atoms with E-state index in [0.717, 1.165) is 12.8 Å². The number of aliphatic hydroxyl groups is 1. The van der Waals surface area contributed by atoms with Gasteiger partial charge in [0.15, 0.2) is 0 Å². The quantitative estimate of drug-likeness (QED) is 0.788. The Hall–Kier alpha value is -0.340. The van der Waals surface area contributed by atoms with E-state index >= 15 is 0 Å². The number of aryl methyl sites for hydroxylation is 1. The fourth-order valence-electron chi connectivity index (χ4n) is 2.14. The van der Waals surface area contributed by atoms with E-state index in [9.17, 15) is 5.11 Å². The van der Waals surface area contributed by atoms with Gasteiger partial charge in [0, 0.05) is 4.88 Å². The van der Waals surface area contributed by atoms with Crippen LogP contribution in [-0.2, 0) is 6.42 Å². The van der Waals surface area contributed by atoms with Crippen molar-refractivity contribution in [2.45, 2.75) is 38.2 Å². The maximum absolute atomic E-state index is 9.62. The fraction of sp³-hybridized carbons (Fsp3) is 0.636. The van der Waals surface area contributed by atoms with Gasteiger partial charge in [-0.05, 0) is 43.0 Å². The summed E-state index contributed by atoms with van der Waals surface area (Å²) in [6, 6.07) is 4.29. The molecular formula is C11H16OS. The molecule has 1 N–H and O–H groups in total. The Morgan fingerprint density at radius 2 is 2.38 bits per heavy atom. The zero-order valence-electron chi connectivity index (χ0n) is 7.78. The van der Waals surface area contributed by atoms with Gasteiger partial charge >= 0.3 is 0 Å². The van der Waals surface area contributed by atoms with Crippen LogP contribution in [0.4, 0.5) is 0 Å². The van der Waals surface area contributed by atoms with Gasteiger partial charge in [-0.25, -0.2) is 0 Å². The van der Waals surface area contributed by atoms with Gasteiger partial charge in [0.1, 0.15) is 0 Å². The minimum atomic E-state index is -0.0139. The molecule has 0 bridgehead atoms. The Kier molecular flexibility index (Phi) is 3.01. The number of rotatable bonds is 3. The lowest BCUT2D eigenvalue weighted by molar-refractivity contribution is 0.128. The smallest absolute Gasteiger partial charge is 0.0568 e. The standard InChI is InChI=1S/C11H16OS/c12-11-5-1-3-9(11)6-7-10-4-2-8-13-10/h2,4,8-9,11-12H,1,3,5-7H2/t9-,11+/m0/s1. The van der Waals surface area contributed by atoms with Crippen molar-refractivity contribution < 1.29 is 5.11 Å². The van der Waals surface area contributed by atoms with Gasteiger partial charge in [0.2, 0.25) is 0 Å². The molecule has 0 spiro atoms. The molecule has 0 saturated heterocycles. The molecule has 1 aliphatic rings. The molecular weight excluding hydrogens is 180 g/mol. The highest BCUT2D eigenvalue weighted by molar-refractivity contribution is 7.09. The molecule has 0 radical (unpaired) electrons. The number of thiophene rings is 1. The van der Waals surface area contributed by atoms with Crippen LogP contribution < -0.4 is 0 Å². The third-order valence-corrected chi connectivity index (χ3v) is 3.90. The van der Waals surface area contributed by atoms with E-state index in [1.807, 2.05) is 11.3 Å². The molecule has 13 heavy (non-hydrogen) atoms. The molecule has 1 aromatic heterocycles. The zero-order valence-corrected chi connectivity index (χ0v) is 8.59. The van der Waals surface area contributed by atoms with Crippen LogP contribution in [-0.4, -0.2) is 11.2 Å². The summed E-state index contributed by atoms with van der Waals surface area (Å²) in [5, 5.41) is 11.7.